The lowest BCUT2D eigenvalue weighted by Crippen LogP contribution is -2.43. The highest BCUT2D eigenvalue weighted by Gasteiger charge is 2.22. The quantitative estimate of drug-likeness (QED) is 0.820. The third kappa shape index (κ3) is 4.23. The molecule has 1 N–H and O–H groups in total. The van der Waals surface area contributed by atoms with Crippen LogP contribution in [0.2, 0.25) is 0 Å². The number of benzene rings is 1. The van der Waals surface area contributed by atoms with Gasteiger partial charge in [-0.25, -0.2) is 0 Å². The second kappa shape index (κ2) is 7.82. The topological polar surface area (TPSA) is 64.6 Å². The molecule has 2 atom stereocenters. The first-order valence-electron chi connectivity index (χ1n) is 7.69. The molecule has 0 aromatic heterocycles. The number of methoxy groups -OCH3 is 1. The number of rotatable bonds is 6. The summed E-state index contributed by atoms with van der Waals surface area (Å²) in [6, 6.07) is 5.10. The fourth-order valence-electron chi connectivity index (χ4n) is 2.80. The summed E-state index contributed by atoms with van der Waals surface area (Å²) in [4.78, 5) is 22.8. The van der Waals surface area contributed by atoms with Gasteiger partial charge in [0.25, 0.3) is 5.91 Å². The SMILES string of the molecule is COc1cc(C=O)ccc1OCC(=O)N[C@H]1CCCC[C@@H]1C. The van der Waals surface area contributed by atoms with E-state index in [2.05, 4.69) is 12.2 Å². The molecule has 0 spiro atoms. The summed E-state index contributed by atoms with van der Waals surface area (Å²) < 4.78 is 10.7. The zero-order valence-corrected chi connectivity index (χ0v) is 13.1. The van der Waals surface area contributed by atoms with Gasteiger partial charge in [-0.2, -0.15) is 0 Å². The van der Waals surface area contributed by atoms with Crippen LogP contribution in [-0.2, 0) is 4.79 Å². The van der Waals surface area contributed by atoms with Crippen molar-refractivity contribution in [2.24, 2.45) is 5.92 Å². The molecule has 1 aliphatic rings. The maximum Gasteiger partial charge on any atom is 0.258 e. The summed E-state index contributed by atoms with van der Waals surface area (Å²) in [6.45, 7) is 2.12. The minimum absolute atomic E-state index is 0.0555. The van der Waals surface area contributed by atoms with Crippen LogP contribution in [0.5, 0.6) is 11.5 Å². The summed E-state index contributed by atoms with van der Waals surface area (Å²) in [5.74, 6) is 1.29. The van der Waals surface area contributed by atoms with Crippen LogP contribution in [0.15, 0.2) is 18.2 Å². The van der Waals surface area contributed by atoms with Gasteiger partial charge >= 0.3 is 0 Å². The zero-order chi connectivity index (χ0) is 15.9. The Morgan fingerprint density at radius 2 is 2.09 bits per heavy atom. The number of aldehydes is 1. The molecule has 2 rings (SSSR count). The van der Waals surface area contributed by atoms with E-state index in [1.807, 2.05) is 0 Å². The van der Waals surface area contributed by atoms with Crippen LogP contribution < -0.4 is 14.8 Å². The smallest absolute Gasteiger partial charge is 0.258 e. The zero-order valence-electron chi connectivity index (χ0n) is 13.1. The van der Waals surface area contributed by atoms with E-state index in [1.54, 1.807) is 18.2 Å². The molecule has 0 heterocycles. The number of amides is 1. The molecule has 120 valence electrons. The largest absolute Gasteiger partial charge is 0.493 e. The molecule has 1 fully saturated rings. The number of hydrogen-bond acceptors (Lipinski definition) is 4. The Morgan fingerprint density at radius 1 is 1.32 bits per heavy atom. The van der Waals surface area contributed by atoms with E-state index in [0.717, 1.165) is 25.5 Å². The summed E-state index contributed by atoms with van der Waals surface area (Å²) in [6.07, 6.45) is 5.34. The summed E-state index contributed by atoms with van der Waals surface area (Å²) in [5.41, 5.74) is 0.504. The normalized spacial score (nSPS) is 21.0. The first-order chi connectivity index (χ1) is 10.6. The first-order valence-corrected chi connectivity index (χ1v) is 7.69. The van der Waals surface area contributed by atoms with Gasteiger partial charge in [-0.15, -0.1) is 0 Å². The molecule has 5 nitrogen and oxygen atoms in total. The van der Waals surface area contributed by atoms with Crippen molar-refractivity contribution in [2.75, 3.05) is 13.7 Å². The lowest BCUT2D eigenvalue weighted by atomic mass is 9.86. The fraction of sp³-hybridized carbons (Fsp3) is 0.529. The lowest BCUT2D eigenvalue weighted by molar-refractivity contribution is -0.124. The molecule has 0 saturated heterocycles. The molecule has 0 aliphatic heterocycles. The van der Waals surface area contributed by atoms with E-state index in [-0.39, 0.29) is 18.6 Å². The van der Waals surface area contributed by atoms with Gasteiger partial charge < -0.3 is 14.8 Å². The molecule has 1 amide bonds. The van der Waals surface area contributed by atoms with Crippen molar-refractivity contribution >= 4 is 12.2 Å². The van der Waals surface area contributed by atoms with Gasteiger partial charge in [0.1, 0.15) is 6.29 Å². The molecule has 0 bridgehead atoms. The lowest BCUT2D eigenvalue weighted by Gasteiger charge is -2.29. The standard InChI is InChI=1S/C17H23NO4/c1-12-5-3-4-6-14(12)18-17(20)11-22-15-8-7-13(10-19)9-16(15)21-2/h7-10,12,14H,3-6,11H2,1-2H3,(H,18,20)/t12-,14-/m0/s1. The number of hydrogen-bond donors (Lipinski definition) is 1. The predicted molar refractivity (Wildman–Crippen MR) is 83.4 cm³/mol. The monoisotopic (exact) mass is 305 g/mol. The summed E-state index contributed by atoms with van der Waals surface area (Å²) in [5, 5.41) is 3.04. The van der Waals surface area contributed by atoms with Crippen LogP contribution in [0.3, 0.4) is 0 Å². The minimum Gasteiger partial charge on any atom is -0.493 e. The van der Waals surface area contributed by atoms with Gasteiger partial charge in [0.2, 0.25) is 0 Å². The van der Waals surface area contributed by atoms with E-state index in [1.165, 1.54) is 13.5 Å². The van der Waals surface area contributed by atoms with Gasteiger partial charge in [-0.3, -0.25) is 9.59 Å². The van der Waals surface area contributed by atoms with Crippen LogP contribution in [0.25, 0.3) is 0 Å². The highest BCUT2D eigenvalue weighted by atomic mass is 16.5. The third-order valence-electron chi connectivity index (χ3n) is 4.14. The van der Waals surface area contributed by atoms with Crippen molar-refractivity contribution in [1.29, 1.82) is 0 Å². The average Bonchev–Trinajstić information content (AvgIpc) is 2.55. The number of carbonyl (C=O) groups excluding carboxylic acids is 2. The molecule has 1 aromatic rings. The van der Waals surface area contributed by atoms with Gasteiger partial charge in [0.05, 0.1) is 7.11 Å². The molecule has 22 heavy (non-hydrogen) atoms. The van der Waals surface area contributed by atoms with Crippen LogP contribution in [0, 0.1) is 5.92 Å². The van der Waals surface area contributed by atoms with Gasteiger partial charge in [-0.05, 0) is 37.0 Å². The Labute approximate surface area is 131 Å². The average molecular weight is 305 g/mol. The molecule has 1 aromatic carbocycles. The first kappa shape index (κ1) is 16.3. The van der Waals surface area contributed by atoms with Crippen molar-refractivity contribution in [3.05, 3.63) is 23.8 Å². The van der Waals surface area contributed by atoms with Crippen molar-refractivity contribution in [2.45, 2.75) is 38.6 Å². The minimum atomic E-state index is -0.125. The van der Waals surface area contributed by atoms with E-state index in [9.17, 15) is 9.59 Å². The molecular weight excluding hydrogens is 282 g/mol. The Kier molecular flexibility index (Phi) is 5.81. The Balaban J connectivity index is 1.89. The van der Waals surface area contributed by atoms with E-state index in [4.69, 9.17) is 9.47 Å². The molecule has 0 radical (unpaired) electrons. The molecule has 1 saturated carbocycles. The van der Waals surface area contributed by atoms with Gasteiger partial charge in [0, 0.05) is 11.6 Å². The van der Waals surface area contributed by atoms with Crippen LogP contribution in [0.4, 0.5) is 0 Å². The summed E-state index contributed by atoms with van der Waals surface area (Å²) in [7, 11) is 1.50. The highest BCUT2D eigenvalue weighted by molar-refractivity contribution is 5.78. The molecular formula is C17H23NO4. The van der Waals surface area contributed by atoms with Crippen molar-refractivity contribution < 1.29 is 19.1 Å². The van der Waals surface area contributed by atoms with Crippen LogP contribution in [0.1, 0.15) is 43.0 Å². The van der Waals surface area contributed by atoms with E-state index in [0.29, 0.717) is 23.0 Å². The Morgan fingerprint density at radius 3 is 2.77 bits per heavy atom. The third-order valence-corrected chi connectivity index (χ3v) is 4.14. The molecule has 1 aliphatic carbocycles. The van der Waals surface area contributed by atoms with E-state index < -0.39 is 0 Å². The Bertz CT molecular complexity index is 529. The summed E-state index contributed by atoms with van der Waals surface area (Å²) >= 11 is 0. The van der Waals surface area contributed by atoms with Crippen LogP contribution >= 0.6 is 0 Å². The Hall–Kier alpha value is -2.04. The van der Waals surface area contributed by atoms with Gasteiger partial charge in [0.15, 0.2) is 18.1 Å². The van der Waals surface area contributed by atoms with Crippen molar-refractivity contribution in [3.63, 3.8) is 0 Å². The second-order valence-electron chi connectivity index (χ2n) is 5.75. The van der Waals surface area contributed by atoms with Crippen LogP contribution in [-0.4, -0.2) is 32.0 Å². The maximum absolute atomic E-state index is 12.0. The molecule has 5 heteroatoms. The number of carbonyl (C=O) groups is 2. The number of ether oxygens (including phenoxy) is 2. The van der Waals surface area contributed by atoms with Gasteiger partial charge in [-0.1, -0.05) is 19.8 Å². The highest BCUT2D eigenvalue weighted by Crippen LogP contribution is 2.27. The van der Waals surface area contributed by atoms with E-state index >= 15 is 0 Å². The second-order valence-corrected chi connectivity index (χ2v) is 5.75. The number of nitrogens with one attached hydrogen (secondary N) is 1. The molecule has 0 unspecified atom stereocenters. The fourth-order valence-corrected chi connectivity index (χ4v) is 2.80. The predicted octanol–water partition coefficient (Wildman–Crippen LogP) is 2.58. The van der Waals surface area contributed by atoms with Crippen molar-refractivity contribution in [1.82, 2.24) is 5.32 Å². The van der Waals surface area contributed by atoms with Crippen molar-refractivity contribution in [3.8, 4) is 11.5 Å². The maximum atomic E-state index is 12.0.